The zero-order valence-corrected chi connectivity index (χ0v) is 12.8. The molecule has 0 bridgehead atoms. The Hall–Kier alpha value is -2.05. The van der Waals surface area contributed by atoms with Crippen molar-refractivity contribution >= 4 is 12.0 Å². The van der Waals surface area contributed by atoms with Crippen molar-refractivity contribution in [3.8, 4) is 0 Å². The molecule has 0 aromatic carbocycles. The number of esters is 1. The molecule has 0 aliphatic rings. The van der Waals surface area contributed by atoms with Crippen molar-refractivity contribution in [2.24, 2.45) is 5.92 Å². The van der Waals surface area contributed by atoms with Gasteiger partial charge in [0.15, 0.2) is 0 Å². The van der Waals surface area contributed by atoms with Crippen LogP contribution in [0.3, 0.4) is 0 Å². The predicted octanol–water partition coefficient (Wildman–Crippen LogP) is 1.16. The third-order valence-electron chi connectivity index (χ3n) is 3.39. The van der Waals surface area contributed by atoms with Crippen LogP contribution in [0.5, 0.6) is 0 Å². The maximum absolute atomic E-state index is 11.8. The Morgan fingerprint density at radius 3 is 2.76 bits per heavy atom. The number of aromatic nitrogens is 2. The second-order valence-corrected chi connectivity index (χ2v) is 4.94. The highest BCUT2D eigenvalue weighted by Gasteiger charge is 2.26. The van der Waals surface area contributed by atoms with E-state index in [1.807, 2.05) is 24.6 Å². The monoisotopic (exact) mass is 296 g/mol. The largest absolute Gasteiger partial charge is 0.467 e. The first kappa shape index (κ1) is 17.0. The van der Waals surface area contributed by atoms with Crippen LogP contribution in [-0.4, -0.2) is 41.2 Å². The van der Waals surface area contributed by atoms with Crippen LogP contribution in [0.25, 0.3) is 0 Å². The minimum absolute atomic E-state index is 0.0224. The van der Waals surface area contributed by atoms with Gasteiger partial charge in [-0.15, -0.1) is 0 Å². The second kappa shape index (κ2) is 8.99. The van der Waals surface area contributed by atoms with E-state index >= 15 is 0 Å². The molecule has 0 aliphatic carbocycles. The van der Waals surface area contributed by atoms with Gasteiger partial charge in [0.25, 0.3) is 0 Å². The Bertz CT molecular complexity index is 433. The van der Waals surface area contributed by atoms with Crippen LogP contribution < -0.4 is 10.6 Å². The summed E-state index contributed by atoms with van der Waals surface area (Å²) in [7, 11) is 1.32. The van der Waals surface area contributed by atoms with Gasteiger partial charge >= 0.3 is 12.0 Å². The summed E-state index contributed by atoms with van der Waals surface area (Å²) < 4.78 is 6.66. The molecule has 2 N–H and O–H groups in total. The van der Waals surface area contributed by atoms with Gasteiger partial charge in [0.2, 0.25) is 0 Å². The first-order valence-corrected chi connectivity index (χ1v) is 7.16. The smallest absolute Gasteiger partial charge is 0.328 e. The fourth-order valence-corrected chi connectivity index (χ4v) is 1.87. The van der Waals surface area contributed by atoms with Gasteiger partial charge in [0.1, 0.15) is 6.04 Å². The van der Waals surface area contributed by atoms with Crippen molar-refractivity contribution < 1.29 is 14.3 Å². The number of nitrogens with zero attached hydrogens (tertiary/aromatic N) is 2. The molecule has 7 heteroatoms. The molecule has 118 valence electrons. The van der Waals surface area contributed by atoms with E-state index < -0.39 is 12.0 Å². The van der Waals surface area contributed by atoms with Gasteiger partial charge in [0, 0.05) is 25.5 Å². The molecule has 1 aromatic rings. The number of imidazole rings is 1. The summed E-state index contributed by atoms with van der Waals surface area (Å²) in [6.45, 7) is 5.18. The quantitative estimate of drug-likeness (QED) is 0.557. The summed E-state index contributed by atoms with van der Waals surface area (Å²) in [5, 5.41) is 5.41. The number of amides is 2. The van der Waals surface area contributed by atoms with Crippen molar-refractivity contribution in [2.45, 2.75) is 39.3 Å². The molecule has 21 heavy (non-hydrogen) atoms. The average molecular weight is 296 g/mol. The topological polar surface area (TPSA) is 85.3 Å². The first-order valence-electron chi connectivity index (χ1n) is 7.16. The minimum atomic E-state index is -0.617. The lowest BCUT2D eigenvalue weighted by molar-refractivity contribution is -0.144. The maximum Gasteiger partial charge on any atom is 0.328 e. The number of carbonyl (C=O) groups excluding carboxylic acids is 2. The molecule has 0 aliphatic heterocycles. The second-order valence-electron chi connectivity index (χ2n) is 4.94. The molecule has 0 radical (unpaired) electrons. The van der Waals surface area contributed by atoms with Crippen LogP contribution in [0.4, 0.5) is 4.79 Å². The fourth-order valence-electron chi connectivity index (χ4n) is 1.87. The number of hydrogen-bond acceptors (Lipinski definition) is 4. The van der Waals surface area contributed by atoms with E-state index in [0.717, 1.165) is 19.4 Å². The first-order chi connectivity index (χ1) is 10.1. The van der Waals surface area contributed by atoms with Crippen LogP contribution in [0.2, 0.25) is 0 Å². The van der Waals surface area contributed by atoms with E-state index in [4.69, 9.17) is 4.74 Å². The Balaban J connectivity index is 2.31. The van der Waals surface area contributed by atoms with Crippen LogP contribution in [0, 0.1) is 5.92 Å². The molecule has 0 saturated heterocycles. The zero-order chi connectivity index (χ0) is 15.7. The lowest BCUT2D eigenvalue weighted by atomic mass is 9.99. The summed E-state index contributed by atoms with van der Waals surface area (Å²) in [5.41, 5.74) is 0. The molecule has 2 atom stereocenters. The number of nitrogens with one attached hydrogen (secondary N) is 2. The van der Waals surface area contributed by atoms with Crippen molar-refractivity contribution in [3.63, 3.8) is 0 Å². The fraction of sp³-hybridized carbons (Fsp3) is 0.643. The van der Waals surface area contributed by atoms with Gasteiger partial charge < -0.3 is 19.9 Å². The number of hydrogen-bond donors (Lipinski definition) is 2. The molecule has 0 fully saturated rings. The van der Waals surface area contributed by atoms with Gasteiger partial charge in [-0.3, -0.25) is 0 Å². The molecule has 1 heterocycles. The molecule has 0 spiro atoms. The van der Waals surface area contributed by atoms with Gasteiger partial charge in [-0.05, 0) is 12.3 Å². The lowest BCUT2D eigenvalue weighted by Gasteiger charge is -2.22. The van der Waals surface area contributed by atoms with Gasteiger partial charge in [-0.25, -0.2) is 14.6 Å². The maximum atomic E-state index is 11.8. The Morgan fingerprint density at radius 2 is 2.19 bits per heavy atom. The van der Waals surface area contributed by atoms with Crippen molar-refractivity contribution in [2.75, 3.05) is 13.7 Å². The number of rotatable bonds is 8. The van der Waals surface area contributed by atoms with Crippen LogP contribution in [-0.2, 0) is 16.1 Å². The highest BCUT2D eigenvalue weighted by Crippen LogP contribution is 2.08. The molecule has 0 unspecified atom stereocenters. The van der Waals surface area contributed by atoms with Crippen LogP contribution >= 0.6 is 0 Å². The third kappa shape index (κ3) is 5.85. The summed E-state index contributed by atoms with van der Waals surface area (Å²) in [6, 6.07) is -0.968. The lowest BCUT2D eigenvalue weighted by Crippen LogP contribution is -2.49. The van der Waals surface area contributed by atoms with Crippen molar-refractivity contribution in [1.82, 2.24) is 20.2 Å². The molecule has 1 aromatic heterocycles. The highest BCUT2D eigenvalue weighted by molar-refractivity contribution is 5.83. The standard InChI is InChI=1S/C14H24N4O3/c1-4-11(2)12(13(19)21-3)17-14(20)16-6-5-8-18-9-7-15-10-18/h7,9-12H,4-6,8H2,1-3H3,(H2,16,17,20)/t11-,12-/m1/s1. The van der Waals surface area contributed by atoms with Gasteiger partial charge in [-0.2, -0.15) is 0 Å². The molecular weight excluding hydrogens is 272 g/mol. The van der Waals surface area contributed by atoms with E-state index in [-0.39, 0.29) is 11.9 Å². The molecule has 1 rings (SSSR count). The highest BCUT2D eigenvalue weighted by atomic mass is 16.5. The van der Waals surface area contributed by atoms with Gasteiger partial charge in [-0.1, -0.05) is 20.3 Å². The summed E-state index contributed by atoms with van der Waals surface area (Å²) in [5.74, 6) is -0.396. The molecule has 0 saturated carbocycles. The number of aryl methyl sites for hydroxylation is 1. The van der Waals surface area contributed by atoms with Crippen molar-refractivity contribution in [3.05, 3.63) is 18.7 Å². The number of ether oxygens (including phenoxy) is 1. The average Bonchev–Trinajstić information content (AvgIpc) is 3.01. The van der Waals surface area contributed by atoms with Crippen LogP contribution in [0.15, 0.2) is 18.7 Å². The molecule has 7 nitrogen and oxygen atoms in total. The number of urea groups is 1. The SMILES string of the molecule is CC[C@@H](C)[C@@H](NC(=O)NCCCn1ccnc1)C(=O)OC. The third-order valence-corrected chi connectivity index (χ3v) is 3.39. The predicted molar refractivity (Wildman–Crippen MR) is 78.6 cm³/mol. The minimum Gasteiger partial charge on any atom is -0.467 e. The van der Waals surface area contributed by atoms with E-state index in [1.54, 1.807) is 12.5 Å². The zero-order valence-electron chi connectivity index (χ0n) is 12.8. The Morgan fingerprint density at radius 1 is 1.43 bits per heavy atom. The summed E-state index contributed by atoms with van der Waals surface area (Å²) >= 11 is 0. The van der Waals surface area contributed by atoms with E-state index in [2.05, 4.69) is 15.6 Å². The van der Waals surface area contributed by atoms with Crippen molar-refractivity contribution in [1.29, 1.82) is 0 Å². The van der Waals surface area contributed by atoms with E-state index in [0.29, 0.717) is 6.54 Å². The Labute approximate surface area is 125 Å². The molecular formula is C14H24N4O3. The number of methoxy groups -OCH3 is 1. The normalized spacial score (nSPS) is 13.3. The Kier molecular flexibility index (Phi) is 7.28. The van der Waals surface area contributed by atoms with E-state index in [9.17, 15) is 9.59 Å². The van der Waals surface area contributed by atoms with E-state index in [1.165, 1.54) is 7.11 Å². The molecule has 2 amide bonds. The van der Waals surface area contributed by atoms with Crippen LogP contribution in [0.1, 0.15) is 26.7 Å². The summed E-state index contributed by atoms with van der Waals surface area (Å²) in [4.78, 5) is 27.4. The summed E-state index contributed by atoms with van der Waals surface area (Å²) in [6.07, 6.45) is 6.89. The number of carbonyl (C=O) groups is 2. The van der Waals surface area contributed by atoms with Gasteiger partial charge in [0.05, 0.1) is 13.4 Å².